The van der Waals surface area contributed by atoms with Gasteiger partial charge in [0.2, 0.25) is 0 Å². The van der Waals surface area contributed by atoms with Crippen molar-refractivity contribution in [3.63, 3.8) is 0 Å². The summed E-state index contributed by atoms with van der Waals surface area (Å²) in [6.07, 6.45) is 4.36. The number of nitrogens with one attached hydrogen (secondary N) is 1. The van der Waals surface area contributed by atoms with E-state index in [0.717, 1.165) is 17.8 Å². The van der Waals surface area contributed by atoms with Crippen LogP contribution in [0, 0.1) is 4.77 Å². The first kappa shape index (κ1) is 10.8. The Morgan fingerprint density at radius 2 is 2.31 bits per heavy atom. The lowest BCUT2D eigenvalue weighted by molar-refractivity contribution is 0.746. The molecule has 0 fully saturated rings. The molecule has 16 heavy (non-hydrogen) atoms. The van der Waals surface area contributed by atoms with Gasteiger partial charge < -0.3 is 0 Å². The lowest BCUT2D eigenvalue weighted by atomic mass is 10.3. The fraction of sp³-hybridized carbons (Fsp3) is 0.300. The number of rotatable bonds is 2. The highest BCUT2D eigenvalue weighted by Gasteiger charge is 2.07. The molecule has 0 radical (unpaired) electrons. The van der Waals surface area contributed by atoms with E-state index in [9.17, 15) is 4.79 Å². The van der Waals surface area contributed by atoms with Gasteiger partial charge in [-0.25, -0.2) is 0 Å². The second-order valence-electron chi connectivity index (χ2n) is 3.47. The zero-order chi connectivity index (χ0) is 11.7. The molecule has 0 saturated heterocycles. The van der Waals surface area contributed by atoms with Gasteiger partial charge in [-0.05, 0) is 18.6 Å². The highest BCUT2D eigenvalue weighted by molar-refractivity contribution is 7.71. The smallest absolute Gasteiger partial charge is 0.251 e. The van der Waals surface area contributed by atoms with Crippen molar-refractivity contribution in [1.82, 2.24) is 19.3 Å². The topological polar surface area (TPSA) is 55.6 Å². The molecule has 0 bridgehead atoms. The summed E-state index contributed by atoms with van der Waals surface area (Å²) in [6, 6.07) is 1.45. The van der Waals surface area contributed by atoms with E-state index in [4.69, 9.17) is 12.2 Å². The summed E-state index contributed by atoms with van der Waals surface area (Å²) in [7, 11) is 1.86. The number of nitrogens with zero attached hydrogens (tertiary/aromatic N) is 3. The summed E-state index contributed by atoms with van der Waals surface area (Å²) < 4.78 is 3.87. The average Bonchev–Trinajstić information content (AvgIpc) is 2.59. The summed E-state index contributed by atoms with van der Waals surface area (Å²) in [5.41, 5.74) is 1.67. The third-order valence-corrected chi connectivity index (χ3v) is 2.60. The maximum atomic E-state index is 11.1. The van der Waals surface area contributed by atoms with E-state index in [1.165, 1.54) is 6.07 Å². The van der Waals surface area contributed by atoms with Crippen molar-refractivity contribution >= 4 is 12.2 Å². The van der Waals surface area contributed by atoms with Crippen molar-refractivity contribution < 1.29 is 0 Å². The van der Waals surface area contributed by atoms with Gasteiger partial charge >= 0.3 is 0 Å². The van der Waals surface area contributed by atoms with E-state index in [0.29, 0.717) is 4.77 Å². The van der Waals surface area contributed by atoms with Crippen LogP contribution in [0.4, 0.5) is 0 Å². The molecule has 0 atom stereocenters. The molecule has 0 aliphatic carbocycles. The standard InChI is InChI=1S/C10H12N4OS/c1-3-7-8(6-13(2)12-7)14-5-4-9(15)11-10(14)16/h4-6H,3H2,1-2H3,(H,11,15,16). The molecule has 0 saturated carbocycles. The Kier molecular flexibility index (Phi) is 2.74. The van der Waals surface area contributed by atoms with E-state index < -0.39 is 0 Å². The largest absolute Gasteiger partial charge is 0.299 e. The first-order valence-corrected chi connectivity index (χ1v) is 5.37. The number of aryl methyl sites for hydroxylation is 2. The first-order valence-electron chi connectivity index (χ1n) is 4.96. The molecule has 0 unspecified atom stereocenters. The Bertz CT molecular complexity index is 622. The van der Waals surface area contributed by atoms with Crippen molar-refractivity contribution in [2.45, 2.75) is 13.3 Å². The molecule has 0 aliphatic heterocycles. The van der Waals surface area contributed by atoms with E-state index in [1.807, 2.05) is 20.2 Å². The first-order chi connectivity index (χ1) is 7.61. The third-order valence-electron chi connectivity index (χ3n) is 2.30. The van der Waals surface area contributed by atoms with Crippen LogP contribution in [0.2, 0.25) is 0 Å². The molecule has 1 N–H and O–H groups in total. The summed E-state index contributed by atoms with van der Waals surface area (Å²) >= 11 is 5.11. The summed E-state index contributed by atoms with van der Waals surface area (Å²) in [5.74, 6) is 0. The second kappa shape index (κ2) is 4.05. The fourth-order valence-corrected chi connectivity index (χ4v) is 1.84. The van der Waals surface area contributed by atoms with Crippen LogP contribution in [0.3, 0.4) is 0 Å². The van der Waals surface area contributed by atoms with E-state index in [1.54, 1.807) is 15.4 Å². The maximum Gasteiger partial charge on any atom is 0.251 e. The average molecular weight is 236 g/mol. The number of hydrogen-bond acceptors (Lipinski definition) is 3. The molecule has 2 heterocycles. The van der Waals surface area contributed by atoms with Crippen LogP contribution >= 0.6 is 12.2 Å². The van der Waals surface area contributed by atoms with Crippen molar-refractivity contribution in [2.75, 3.05) is 0 Å². The van der Waals surface area contributed by atoms with Crippen LogP contribution in [0.5, 0.6) is 0 Å². The molecule has 0 aliphatic rings. The summed E-state index contributed by atoms with van der Waals surface area (Å²) in [4.78, 5) is 13.7. The molecule has 2 aromatic heterocycles. The zero-order valence-electron chi connectivity index (χ0n) is 9.10. The van der Waals surface area contributed by atoms with Crippen LogP contribution in [-0.4, -0.2) is 19.3 Å². The van der Waals surface area contributed by atoms with Crippen molar-refractivity contribution in [3.8, 4) is 5.69 Å². The van der Waals surface area contributed by atoms with Crippen LogP contribution < -0.4 is 5.56 Å². The van der Waals surface area contributed by atoms with Gasteiger partial charge in [-0.2, -0.15) is 5.10 Å². The van der Waals surface area contributed by atoms with Gasteiger partial charge in [-0.15, -0.1) is 0 Å². The molecule has 0 spiro atoms. The number of H-pyrrole nitrogens is 1. The second-order valence-corrected chi connectivity index (χ2v) is 3.86. The lowest BCUT2D eigenvalue weighted by Gasteiger charge is -2.04. The highest BCUT2D eigenvalue weighted by Crippen LogP contribution is 2.12. The predicted octanol–water partition coefficient (Wildman–Crippen LogP) is 1.19. The lowest BCUT2D eigenvalue weighted by Crippen LogP contribution is -2.10. The molecule has 0 aromatic carbocycles. The maximum absolute atomic E-state index is 11.1. The molecule has 2 aromatic rings. The Balaban J connectivity index is 2.67. The van der Waals surface area contributed by atoms with Crippen LogP contribution in [0.25, 0.3) is 5.69 Å². The normalized spacial score (nSPS) is 10.6. The summed E-state index contributed by atoms with van der Waals surface area (Å²) in [5, 5.41) is 4.33. The Hall–Kier alpha value is -1.69. The molecule has 2 rings (SSSR count). The minimum atomic E-state index is -0.191. The van der Waals surface area contributed by atoms with Gasteiger partial charge in [0, 0.05) is 25.5 Å². The molecule has 5 nitrogen and oxygen atoms in total. The van der Waals surface area contributed by atoms with E-state index in [-0.39, 0.29) is 5.56 Å². The molecule has 0 amide bonds. The monoisotopic (exact) mass is 236 g/mol. The molecule has 6 heteroatoms. The van der Waals surface area contributed by atoms with Gasteiger partial charge in [-0.3, -0.25) is 19.0 Å². The zero-order valence-corrected chi connectivity index (χ0v) is 9.91. The quantitative estimate of drug-likeness (QED) is 0.797. The Morgan fingerprint density at radius 1 is 1.56 bits per heavy atom. The van der Waals surface area contributed by atoms with Gasteiger partial charge in [0.25, 0.3) is 5.56 Å². The van der Waals surface area contributed by atoms with Crippen LogP contribution in [0.1, 0.15) is 12.6 Å². The Morgan fingerprint density at radius 3 is 2.94 bits per heavy atom. The minimum Gasteiger partial charge on any atom is -0.299 e. The number of hydrogen-bond donors (Lipinski definition) is 1. The minimum absolute atomic E-state index is 0.191. The van der Waals surface area contributed by atoms with Gasteiger partial charge in [0.15, 0.2) is 4.77 Å². The van der Waals surface area contributed by atoms with Crippen molar-refractivity contribution in [3.05, 3.63) is 39.3 Å². The van der Waals surface area contributed by atoms with Crippen LogP contribution in [-0.2, 0) is 13.5 Å². The van der Waals surface area contributed by atoms with Gasteiger partial charge in [-0.1, -0.05) is 6.92 Å². The fourth-order valence-electron chi connectivity index (χ4n) is 1.58. The SMILES string of the molecule is CCc1nn(C)cc1-n1ccc(=O)[nH]c1=S. The number of aromatic nitrogens is 4. The molecule has 84 valence electrons. The summed E-state index contributed by atoms with van der Waals surface area (Å²) in [6.45, 7) is 2.03. The van der Waals surface area contributed by atoms with E-state index >= 15 is 0 Å². The molecular formula is C10H12N4OS. The Labute approximate surface area is 97.4 Å². The highest BCUT2D eigenvalue weighted by atomic mass is 32.1. The van der Waals surface area contributed by atoms with Crippen LogP contribution in [0.15, 0.2) is 23.3 Å². The number of aromatic amines is 1. The predicted molar refractivity (Wildman–Crippen MR) is 63.4 cm³/mol. The third kappa shape index (κ3) is 1.83. The van der Waals surface area contributed by atoms with Gasteiger partial charge in [0.05, 0.1) is 11.4 Å². The van der Waals surface area contributed by atoms with Gasteiger partial charge in [0.1, 0.15) is 0 Å². The van der Waals surface area contributed by atoms with E-state index in [2.05, 4.69) is 10.1 Å². The van der Waals surface area contributed by atoms with Crippen molar-refractivity contribution in [1.29, 1.82) is 0 Å². The van der Waals surface area contributed by atoms with Crippen molar-refractivity contribution in [2.24, 2.45) is 7.05 Å². The molecular weight excluding hydrogens is 224 g/mol.